The summed E-state index contributed by atoms with van der Waals surface area (Å²) in [5.74, 6) is -1.99. The van der Waals surface area contributed by atoms with Gasteiger partial charge >= 0.3 is 12.1 Å². The molecule has 1 unspecified atom stereocenters. The number of halogens is 4. The Balaban J connectivity index is 1.32. The van der Waals surface area contributed by atoms with E-state index in [1.54, 1.807) is 6.07 Å². The SMILES string of the molecule is COC(=O)c1c(C(F)(F)F)[nH]c2c(O)cc3c(c12)C(CBr)CN3C(=O)c1cc2cc(-c3cc4ccccc4o3)ccc2[nH]1. The molecular formula is C31H21BrF3N3O5. The number of para-hydroxylation sites is 1. The van der Waals surface area contributed by atoms with E-state index in [1.165, 1.54) is 11.0 Å². The maximum absolute atomic E-state index is 14.0. The third-order valence-corrected chi connectivity index (χ3v) is 8.62. The van der Waals surface area contributed by atoms with Gasteiger partial charge in [-0.25, -0.2) is 4.79 Å². The van der Waals surface area contributed by atoms with Crippen molar-refractivity contribution in [2.24, 2.45) is 0 Å². The van der Waals surface area contributed by atoms with Gasteiger partial charge in [0.2, 0.25) is 0 Å². The number of furan rings is 1. The van der Waals surface area contributed by atoms with Gasteiger partial charge in [0.05, 0.1) is 23.9 Å². The Hall–Kier alpha value is -4.71. The number of benzene rings is 3. The molecule has 1 atom stereocenters. The number of fused-ring (bicyclic) bond motifs is 5. The number of hydrogen-bond acceptors (Lipinski definition) is 5. The molecule has 6 aromatic rings. The zero-order chi connectivity index (χ0) is 30.2. The Morgan fingerprint density at radius 2 is 1.88 bits per heavy atom. The molecule has 8 nitrogen and oxygen atoms in total. The number of methoxy groups -OCH3 is 1. The smallest absolute Gasteiger partial charge is 0.432 e. The number of amides is 1. The largest absolute Gasteiger partial charge is 0.506 e. The zero-order valence-corrected chi connectivity index (χ0v) is 23.9. The predicted octanol–water partition coefficient (Wildman–Crippen LogP) is 7.71. The van der Waals surface area contributed by atoms with Gasteiger partial charge in [-0.1, -0.05) is 34.1 Å². The van der Waals surface area contributed by atoms with Crippen molar-refractivity contribution in [2.45, 2.75) is 12.1 Å². The third kappa shape index (κ3) is 4.19. The summed E-state index contributed by atoms with van der Waals surface area (Å²) in [5, 5.41) is 12.7. The molecule has 0 aliphatic carbocycles. The molecule has 0 bridgehead atoms. The van der Waals surface area contributed by atoms with Crippen LogP contribution in [0.3, 0.4) is 0 Å². The zero-order valence-electron chi connectivity index (χ0n) is 22.3. The summed E-state index contributed by atoms with van der Waals surface area (Å²) in [6.07, 6.45) is -4.93. The van der Waals surface area contributed by atoms with Crippen LogP contribution < -0.4 is 4.90 Å². The molecule has 3 aromatic carbocycles. The van der Waals surface area contributed by atoms with Crippen molar-refractivity contribution >= 4 is 66.3 Å². The molecule has 1 aliphatic rings. The Morgan fingerprint density at radius 3 is 2.60 bits per heavy atom. The highest BCUT2D eigenvalue weighted by Gasteiger charge is 2.43. The van der Waals surface area contributed by atoms with Crippen LogP contribution in [0.2, 0.25) is 0 Å². The number of alkyl halides is 4. The highest BCUT2D eigenvalue weighted by atomic mass is 79.9. The summed E-state index contributed by atoms with van der Waals surface area (Å²) in [6.45, 7) is 0.102. The highest BCUT2D eigenvalue weighted by molar-refractivity contribution is 9.09. The predicted molar refractivity (Wildman–Crippen MR) is 158 cm³/mol. The molecule has 1 amide bonds. The van der Waals surface area contributed by atoms with Gasteiger partial charge in [-0.3, -0.25) is 4.79 Å². The summed E-state index contributed by atoms with van der Waals surface area (Å²) in [7, 11) is 0.984. The molecule has 0 saturated heterocycles. The summed E-state index contributed by atoms with van der Waals surface area (Å²) in [4.78, 5) is 33.3. The average molecular weight is 652 g/mol. The van der Waals surface area contributed by atoms with Crippen molar-refractivity contribution in [3.63, 3.8) is 0 Å². The van der Waals surface area contributed by atoms with Gasteiger partial charge in [-0.15, -0.1) is 0 Å². The van der Waals surface area contributed by atoms with Crippen molar-refractivity contribution in [1.82, 2.24) is 9.97 Å². The van der Waals surface area contributed by atoms with E-state index < -0.39 is 41.0 Å². The van der Waals surface area contributed by atoms with Crippen LogP contribution in [0.4, 0.5) is 18.9 Å². The minimum Gasteiger partial charge on any atom is -0.506 e. The molecule has 0 spiro atoms. The number of nitrogens with zero attached hydrogens (tertiary/aromatic N) is 1. The fourth-order valence-corrected chi connectivity index (χ4v) is 6.45. The van der Waals surface area contributed by atoms with Crippen LogP contribution in [0, 0.1) is 0 Å². The summed E-state index contributed by atoms with van der Waals surface area (Å²) in [5.41, 5.74) is 0.746. The van der Waals surface area contributed by atoms with Crippen molar-refractivity contribution in [1.29, 1.82) is 0 Å². The number of phenols is 1. The van der Waals surface area contributed by atoms with Crippen LogP contribution in [-0.2, 0) is 10.9 Å². The first-order chi connectivity index (χ1) is 20.6. The van der Waals surface area contributed by atoms with Gasteiger partial charge in [0.15, 0.2) is 0 Å². The number of carbonyl (C=O) groups excluding carboxylic acids is 2. The number of aromatic amines is 2. The monoisotopic (exact) mass is 651 g/mol. The van der Waals surface area contributed by atoms with E-state index in [-0.39, 0.29) is 34.2 Å². The molecule has 0 radical (unpaired) electrons. The summed E-state index contributed by atoms with van der Waals surface area (Å²) >= 11 is 3.41. The normalized spacial score (nSPS) is 15.1. The number of aromatic nitrogens is 2. The Labute approximate surface area is 249 Å². The molecule has 218 valence electrons. The van der Waals surface area contributed by atoms with Crippen molar-refractivity contribution in [3.8, 4) is 17.1 Å². The first-order valence-electron chi connectivity index (χ1n) is 13.2. The topological polar surface area (TPSA) is 112 Å². The fourth-order valence-electron chi connectivity index (χ4n) is 5.92. The number of ether oxygens (including phenoxy) is 1. The quantitative estimate of drug-likeness (QED) is 0.134. The minimum absolute atomic E-state index is 0.102. The number of H-pyrrole nitrogens is 2. The van der Waals surface area contributed by atoms with Gasteiger partial charge in [0, 0.05) is 51.1 Å². The molecule has 1 aliphatic heterocycles. The second kappa shape index (κ2) is 9.66. The summed E-state index contributed by atoms with van der Waals surface area (Å²) < 4.78 is 52.6. The number of anilines is 1. The van der Waals surface area contributed by atoms with E-state index in [0.29, 0.717) is 16.8 Å². The Kier molecular flexibility index (Phi) is 6.10. The van der Waals surface area contributed by atoms with Gasteiger partial charge in [-0.2, -0.15) is 13.2 Å². The first kappa shape index (κ1) is 27.1. The second-order valence-corrected chi connectivity index (χ2v) is 11.0. The maximum Gasteiger partial charge on any atom is 0.432 e. The van der Waals surface area contributed by atoms with Crippen LogP contribution >= 0.6 is 15.9 Å². The fraction of sp³-hybridized carbons (Fsp3) is 0.161. The Morgan fingerprint density at radius 1 is 1.09 bits per heavy atom. The van der Waals surface area contributed by atoms with E-state index in [4.69, 9.17) is 9.15 Å². The van der Waals surface area contributed by atoms with E-state index in [1.807, 2.05) is 48.5 Å². The van der Waals surface area contributed by atoms with Gasteiger partial charge in [-0.05, 0) is 42.0 Å². The lowest BCUT2D eigenvalue weighted by molar-refractivity contribution is -0.141. The van der Waals surface area contributed by atoms with E-state index in [0.717, 1.165) is 29.0 Å². The van der Waals surface area contributed by atoms with E-state index in [2.05, 4.69) is 25.9 Å². The standard InChI is InChI=1S/C31H21BrF3N3O5/c1-42-30(41)26-25-24-17(12-32)13-38(20(24)11-21(39)27(25)37-28(26)31(33,34)35)29(40)19-9-16-8-15(6-7-18(16)36-19)23-10-14-4-2-3-5-22(14)43-23/h2-11,17,36-37,39H,12-13H2,1H3. The number of hydrogen-bond donors (Lipinski definition) is 3. The van der Waals surface area contributed by atoms with E-state index >= 15 is 0 Å². The van der Waals surface area contributed by atoms with Crippen LogP contribution in [0.1, 0.15) is 38.0 Å². The highest BCUT2D eigenvalue weighted by Crippen LogP contribution is 2.49. The van der Waals surface area contributed by atoms with Gasteiger partial charge in [0.1, 0.15) is 28.5 Å². The minimum atomic E-state index is -4.93. The molecule has 3 N–H and O–H groups in total. The molecule has 43 heavy (non-hydrogen) atoms. The number of nitrogens with one attached hydrogen (secondary N) is 2. The maximum atomic E-state index is 14.0. The average Bonchev–Trinajstić information content (AvgIpc) is 3.77. The lowest BCUT2D eigenvalue weighted by atomic mass is 9.95. The van der Waals surface area contributed by atoms with Crippen molar-refractivity contribution in [3.05, 3.63) is 83.2 Å². The van der Waals surface area contributed by atoms with Crippen molar-refractivity contribution in [2.75, 3.05) is 23.9 Å². The van der Waals surface area contributed by atoms with Crippen LogP contribution in [0.15, 0.2) is 65.1 Å². The molecule has 4 heterocycles. The third-order valence-electron chi connectivity index (χ3n) is 7.84. The molecule has 0 saturated carbocycles. The number of phenolic OH excluding ortho intramolecular Hbond substituents is 1. The Bertz CT molecular complexity index is 2080. The second-order valence-electron chi connectivity index (χ2n) is 10.3. The van der Waals surface area contributed by atoms with Crippen LogP contribution in [0.25, 0.3) is 44.1 Å². The summed E-state index contributed by atoms with van der Waals surface area (Å²) in [6, 6.07) is 18.2. The lowest BCUT2D eigenvalue weighted by Crippen LogP contribution is -2.30. The molecule has 0 fully saturated rings. The number of esters is 1. The number of rotatable bonds is 4. The number of aromatic hydroxyl groups is 1. The number of carbonyl (C=O) groups is 2. The molecule has 3 aromatic heterocycles. The molecule has 12 heteroatoms. The van der Waals surface area contributed by atoms with Crippen LogP contribution in [-0.4, -0.2) is 45.9 Å². The first-order valence-corrected chi connectivity index (χ1v) is 14.3. The van der Waals surface area contributed by atoms with Crippen LogP contribution in [0.5, 0.6) is 5.75 Å². The molecule has 7 rings (SSSR count). The lowest BCUT2D eigenvalue weighted by Gasteiger charge is -2.17. The van der Waals surface area contributed by atoms with E-state index in [9.17, 15) is 27.9 Å². The van der Waals surface area contributed by atoms with Gasteiger partial charge in [0.25, 0.3) is 5.91 Å². The van der Waals surface area contributed by atoms with Gasteiger partial charge < -0.3 is 29.1 Å². The van der Waals surface area contributed by atoms with Crippen molar-refractivity contribution < 1.29 is 37.0 Å². The molecular weight excluding hydrogens is 631 g/mol.